The largest absolute Gasteiger partial charge is 0.265 e. The average Bonchev–Trinajstić information content (AvgIpc) is 2.49. The summed E-state index contributed by atoms with van der Waals surface area (Å²) in [6, 6.07) is 10.8. The number of halogens is 1. The number of hydrogen-bond donors (Lipinski definition) is 1. The molecule has 21 heavy (non-hydrogen) atoms. The van der Waals surface area contributed by atoms with E-state index in [0.717, 1.165) is 12.3 Å². The number of hydrogen-bond acceptors (Lipinski definition) is 4. The van der Waals surface area contributed by atoms with Gasteiger partial charge in [0.2, 0.25) is 0 Å². The molecule has 3 aromatic rings. The Balaban J connectivity index is 2.06. The third kappa shape index (κ3) is 2.68. The summed E-state index contributed by atoms with van der Waals surface area (Å²) in [5, 5.41) is 0.715. The van der Waals surface area contributed by atoms with Crippen LogP contribution in [-0.2, 0) is 10.0 Å². The summed E-state index contributed by atoms with van der Waals surface area (Å²) >= 11 is 0. The van der Waals surface area contributed by atoms with Gasteiger partial charge in [-0.1, -0.05) is 18.2 Å². The quantitative estimate of drug-likeness (QED) is 0.807. The Labute approximate surface area is 120 Å². The Morgan fingerprint density at radius 3 is 2.57 bits per heavy atom. The fourth-order valence-corrected chi connectivity index (χ4v) is 3.11. The number of nitrogens with zero attached hydrogens (tertiary/aromatic N) is 2. The molecule has 2 heterocycles. The predicted molar refractivity (Wildman–Crippen MR) is 76.7 cm³/mol. The number of pyridine rings is 2. The van der Waals surface area contributed by atoms with Crippen molar-refractivity contribution < 1.29 is 12.8 Å². The van der Waals surface area contributed by atoms with Gasteiger partial charge >= 0.3 is 0 Å². The van der Waals surface area contributed by atoms with Crippen LogP contribution in [0.3, 0.4) is 0 Å². The molecular formula is C14H10FN3O2S. The van der Waals surface area contributed by atoms with Gasteiger partial charge < -0.3 is 0 Å². The Bertz CT molecular complexity index is 890. The van der Waals surface area contributed by atoms with Crippen LogP contribution in [0.4, 0.5) is 10.2 Å². The first-order valence-corrected chi connectivity index (χ1v) is 7.53. The highest BCUT2D eigenvalue weighted by atomic mass is 32.2. The molecule has 7 heteroatoms. The number of aromatic nitrogens is 2. The van der Waals surface area contributed by atoms with E-state index in [1.807, 2.05) is 0 Å². The maximum Gasteiger partial charge on any atom is 0.265 e. The fraction of sp³-hybridized carbons (Fsp3) is 0. The van der Waals surface area contributed by atoms with Gasteiger partial charge in [0.05, 0.1) is 11.7 Å². The number of fused-ring (bicyclic) bond motifs is 1. The van der Waals surface area contributed by atoms with Crippen LogP contribution < -0.4 is 4.72 Å². The zero-order chi connectivity index (χ0) is 14.9. The molecule has 1 N–H and O–H groups in total. The second-order valence-electron chi connectivity index (χ2n) is 4.30. The van der Waals surface area contributed by atoms with Gasteiger partial charge in [-0.05, 0) is 24.3 Å². The van der Waals surface area contributed by atoms with Crippen LogP contribution >= 0.6 is 0 Å². The van der Waals surface area contributed by atoms with Crippen LogP contribution in [0.15, 0.2) is 59.8 Å². The van der Waals surface area contributed by atoms with Gasteiger partial charge in [-0.2, -0.15) is 0 Å². The molecule has 0 unspecified atom stereocenters. The van der Waals surface area contributed by atoms with Crippen molar-refractivity contribution in [3.05, 3.63) is 60.7 Å². The lowest BCUT2D eigenvalue weighted by molar-refractivity contribution is 0.601. The van der Waals surface area contributed by atoms with Crippen molar-refractivity contribution in [1.82, 2.24) is 9.97 Å². The van der Waals surface area contributed by atoms with E-state index in [4.69, 9.17) is 0 Å². The first-order chi connectivity index (χ1) is 10.1. The highest BCUT2D eigenvalue weighted by Crippen LogP contribution is 2.22. The molecule has 0 aliphatic carbocycles. The van der Waals surface area contributed by atoms with Gasteiger partial charge in [-0.25, -0.2) is 17.8 Å². The molecule has 0 aliphatic rings. The van der Waals surface area contributed by atoms with Crippen LogP contribution in [0.2, 0.25) is 0 Å². The van der Waals surface area contributed by atoms with Crippen molar-refractivity contribution in [2.24, 2.45) is 0 Å². The van der Waals surface area contributed by atoms with E-state index >= 15 is 0 Å². The second-order valence-corrected chi connectivity index (χ2v) is 5.95. The van der Waals surface area contributed by atoms with Crippen molar-refractivity contribution in [2.45, 2.75) is 4.90 Å². The molecule has 0 fully saturated rings. The number of anilines is 1. The molecule has 0 bridgehead atoms. The molecule has 2 aromatic heterocycles. The van der Waals surface area contributed by atoms with Crippen LogP contribution in [0.1, 0.15) is 0 Å². The van der Waals surface area contributed by atoms with Crippen molar-refractivity contribution in [3.8, 4) is 0 Å². The standard InChI is InChI=1S/C14H10FN3O2S/c15-11-6-7-13(17-9-11)18-21(19,20)12-5-1-3-10-4-2-8-16-14(10)12/h1-9H,(H,17,18). The van der Waals surface area contributed by atoms with Gasteiger partial charge in [-0.3, -0.25) is 9.71 Å². The van der Waals surface area contributed by atoms with Crippen molar-refractivity contribution in [2.75, 3.05) is 4.72 Å². The van der Waals surface area contributed by atoms with E-state index in [9.17, 15) is 12.8 Å². The third-order valence-corrected chi connectivity index (χ3v) is 4.24. The van der Waals surface area contributed by atoms with E-state index in [1.165, 1.54) is 18.3 Å². The molecule has 3 rings (SSSR count). The lowest BCUT2D eigenvalue weighted by atomic mass is 10.2. The average molecular weight is 303 g/mol. The summed E-state index contributed by atoms with van der Waals surface area (Å²) in [6.45, 7) is 0. The first-order valence-electron chi connectivity index (χ1n) is 6.04. The molecule has 0 amide bonds. The summed E-state index contributed by atoms with van der Waals surface area (Å²) in [5.41, 5.74) is 0.370. The number of para-hydroxylation sites is 1. The Hall–Kier alpha value is -2.54. The minimum atomic E-state index is -3.85. The van der Waals surface area contributed by atoms with Crippen LogP contribution in [0, 0.1) is 5.82 Å². The van der Waals surface area contributed by atoms with Crippen LogP contribution in [-0.4, -0.2) is 18.4 Å². The minimum absolute atomic E-state index is 0.0457. The SMILES string of the molecule is O=S(=O)(Nc1ccc(F)cn1)c1cccc2cccnc12. The maximum atomic E-state index is 12.8. The van der Waals surface area contributed by atoms with E-state index in [-0.39, 0.29) is 10.7 Å². The third-order valence-electron chi connectivity index (χ3n) is 2.85. The van der Waals surface area contributed by atoms with Crippen molar-refractivity contribution in [1.29, 1.82) is 0 Å². The van der Waals surface area contributed by atoms with Gasteiger partial charge in [0.25, 0.3) is 10.0 Å². The van der Waals surface area contributed by atoms with Crippen LogP contribution in [0.25, 0.3) is 10.9 Å². The van der Waals surface area contributed by atoms with Crippen LogP contribution in [0.5, 0.6) is 0 Å². The second kappa shape index (κ2) is 5.10. The Morgan fingerprint density at radius 2 is 1.81 bits per heavy atom. The van der Waals surface area contributed by atoms with Gasteiger partial charge in [0.15, 0.2) is 0 Å². The lowest BCUT2D eigenvalue weighted by Crippen LogP contribution is -2.14. The van der Waals surface area contributed by atoms with E-state index in [2.05, 4.69) is 14.7 Å². The van der Waals surface area contributed by atoms with E-state index < -0.39 is 15.8 Å². The summed E-state index contributed by atoms with van der Waals surface area (Å²) < 4.78 is 39.9. The molecule has 0 saturated heterocycles. The molecular weight excluding hydrogens is 293 g/mol. The smallest absolute Gasteiger partial charge is 0.263 e. The number of nitrogens with one attached hydrogen (secondary N) is 1. The minimum Gasteiger partial charge on any atom is -0.263 e. The van der Waals surface area contributed by atoms with Crippen molar-refractivity contribution in [3.63, 3.8) is 0 Å². The molecule has 5 nitrogen and oxygen atoms in total. The van der Waals surface area contributed by atoms with Gasteiger partial charge in [0.1, 0.15) is 16.5 Å². The van der Waals surface area contributed by atoms with Crippen molar-refractivity contribution >= 4 is 26.7 Å². The number of sulfonamides is 1. The summed E-state index contributed by atoms with van der Waals surface area (Å²) in [4.78, 5) is 7.83. The summed E-state index contributed by atoms with van der Waals surface area (Å²) in [7, 11) is -3.85. The summed E-state index contributed by atoms with van der Waals surface area (Å²) in [6.07, 6.45) is 2.47. The highest BCUT2D eigenvalue weighted by Gasteiger charge is 2.18. The lowest BCUT2D eigenvalue weighted by Gasteiger charge is -2.09. The maximum absolute atomic E-state index is 12.8. The molecule has 0 aliphatic heterocycles. The molecule has 0 radical (unpaired) electrons. The predicted octanol–water partition coefficient (Wildman–Crippen LogP) is 2.57. The summed E-state index contributed by atoms with van der Waals surface area (Å²) in [5.74, 6) is -0.492. The van der Waals surface area contributed by atoms with Gasteiger partial charge in [-0.15, -0.1) is 0 Å². The van der Waals surface area contributed by atoms with E-state index in [0.29, 0.717) is 10.9 Å². The Morgan fingerprint density at radius 1 is 1.00 bits per heavy atom. The normalized spacial score (nSPS) is 11.5. The molecule has 0 spiro atoms. The molecule has 0 saturated carbocycles. The molecule has 106 valence electrons. The van der Waals surface area contributed by atoms with E-state index in [1.54, 1.807) is 24.3 Å². The highest BCUT2D eigenvalue weighted by molar-refractivity contribution is 7.93. The van der Waals surface area contributed by atoms with Gasteiger partial charge in [0, 0.05) is 11.6 Å². The fourth-order valence-electron chi connectivity index (χ4n) is 1.92. The zero-order valence-electron chi connectivity index (χ0n) is 10.7. The topological polar surface area (TPSA) is 72.0 Å². The number of rotatable bonds is 3. The monoisotopic (exact) mass is 303 g/mol. The number of benzene rings is 1. The Kier molecular flexibility index (Phi) is 3.26. The molecule has 0 atom stereocenters. The molecule has 1 aromatic carbocycles. The first kappa shape index (κ1) is 13.4. The zero-order valence-corrected chi connectivity index (χ0v) is 11.5.